The second-order valence-corrected chi connectivity index (χ2v) is 6.77. The van der Waals surface area contributed by atoms with Crippen molar-refractivity contribution in [2.75, 3.05) is 18.4 Å². The number of nitrogens with one attached hydrogen (secondary N) is 1. The largest absolute Gasteiger partial charge is 0.419 e. The van der Waals surface area contributed by atoms with Crippen LogP contribution < -0.4 is 5.32 Å². The number of para-hydroxylation sites is 1. The summed E-state index contributed by atoms with van der Waals surface area (Å²) in [6, 6.07) is 19.4. The number of hydrogen-bond donors (Lipinski definition) is 1. The molecule has 0 bridgehead atoms. The molecule has 4 rings (SSSR count). The summed E-state index contributed by atoms with van der Waals surface area (Å²) in [5.41, 5.74) is 1.77. The Balaban J connectivity index is 1.28. The van der Waals surface area contributed by atoms with Crippen LogP contribution in [0.1, 0.15) is 18.7 Å². The van der Waals surface area contributed by atoms with Crippen LogP contribution in [0.25, 0.3) is 11.5 Å². The van der Waals surface area contributed by atoms with Crippen LogP contribution in [0.3, 0.4) is 0 Å². The van der Waals surface area contributed by atoms with Gasteiger partial charge in [-0.15, -0.1) is 10.2 Å². The van der Waals surface area contributed by atoms with E-state index in [9.17, 15) is 4.79 Å². The van der Waals surface area contributed by atoms with Crippen molar-refractivity contribution in [2.45, 2.75) is 19.4 Å². The van der Waals surface area contributed by atoms with E-state index >= 15 is 0 Å². The van der Waals surface area contributed by atoms with E-state index in [2.05, 4.69) is 20.4 Å². The maximum Gasteiger partial charge on any atom is 0.247 e. The van der Waals surface area contributed by atoms with Crippen molar-refractivity contribution in [3.63, 3.8) is 0 Å². The summed E-state index contributed by atoms with van der Waals surface area (Å²) in [4.78, 5) is 14.7. The molecular weight excluding hydrogens is 340 g/mol. The van der Waals surface area contributed by atoms with E-state index in [0.717, 1.165) is 37.2 Å². The normalized spacial score (nSPS) is 15.6. The zero-order valence-corrected chi connectivity index (χ0v) is 15.0. The van der Waals surface area contributed by atoms with E-state index in [1.165, 1.54) is 0 Å². The quantitative estimate of drug-likeness (QED) is 0.751. The van der Waals surface area contributed by atoms with Crippen LogP contribution in [0.5, 0.6) is 0 Å². The van der Waals surface area contributed by atoms with E-state index in [4.69, 9.17) is 4.42 Å². The number of carbonyl (C=O) groups excluding carboxylic acids is 1. The third-order valence-corrected chi connectivity index (χ3v) is 4.85. The molecule has 0 atom stereocenters. The zero-order chi connectivity index (χ0) is 18.5. The van der Waals surface area contributed by atoms with Gasteiger partial charge in [0.05, 0.1) is 6.54 Å². The predicted octanol–water partition coefficient (Wildman–Crippen LogP) is 3.59. The lowest BCUT2D eigenvalue weighted by Crippen LogP contribution is -2.37. The van der Waals surface area contributed by atoms with E-state index in [0.29, 0.717) is 18.3 Å². The molecule has 1 N–H and O–H groups in total. The fraction of sp³-hybridized carbons (Fsp3) is 0.286. The number of aromatic nitrogens is 2. The van der Waals surface area contributed by atoms with Gasteiger partial charge in [0.1, 0.15) is 0 Å². The molecule has 1 aliphatic heterocycles. The second kappa shape index (κ2) is 8.14. The third-order valence-electron chi connectivity index (χ3n) is 4.85. The van der Waals surface area contributed by atoms with Gasteiger partial charge >= 0.3 is 0 Å². The number of rotatable bonds is 5. The number of piperidine rings is 1. The monoisotopic (exact) mass is 362 g/mol. The molecule has 0 radical (unpaired) electrons. The Labute approximate surface area is 158 Å². The number of hydrogen-bond acceptors (Lipinski definition) is 5. The fourth-order valence-electron chi connectivity index (χ4n) is 3.33. The number of anilines is 1. The van der Waals surface area contributed by atoms with Crippen molar-refractivity contribution in [3.05, 3.63) is 66.6 Å². The van der Waals surface area contributed by atoms with Gasteiger partial charge in [0, 0.05) is 17.2 Å². The second-order valence-electron chi connectivity index (χ2n) is 6.77. The number of nitrogens with zero attached hydrogens (tertiary/aromatic N) is 3. The van der Waals surface area contributed by atoms with Gasteiger partial charge < -0.3 is 9.73 Å². The van der Waals surface area contributed by atoms with Gasteiger partial charge in [0.25, 0.3) is 0 Å². The molecule has 2 heterocycles. The summed E-state index contributed by atoms with van der Waals surface area (Å²) in [6.45, 7) is 2.30. The minimum absolute atomic E-state index is 0.0454. The summed E-state index contributed by atoms with van der Waals surface area (Å²) in [7, 11) is 0. The van der Waals surface area contributed by atoms with E-state index in [1.807, 2.05) is 60.7 Å². The van der Waals surface area contributed by atoms with Crippen molar-refractivity contribution in [1.82, 2.24) is 15.1 Å². The summed E-state index contributed by atoms with van der Waals surface area (Å²) in [6.07, 6.45) is 1.66. The molecule has 1 saturated heterocycles. The van der Waals surface area contributed by atoms with Gasteiger partial charge in [-0.3, -0.25) is 9.69 Å². The smallest absolute Gasteiger partial charge is 0.247 e. The standard InChI is InChI=1S/C21H22N4O2/c26-20(22-18-9-5-2-6-10-18)16-11-13-25(14-12-16)15-19-23-24-21(27-19)17-7-3-1-4-8-17/h1-10,16H,11-15H2,(H,22,26). The first kappa shape index (κ1) is 17.4. The molecule has 27 heavy (non-hydrogen) atoms. The minimum Gasteiger partial charge on any atom is -0.419 e. The lowest BCUT2D eigenvalue weighted by atomic mass is 9.96. The summed E-state index contributed by atoms with van der Waals surface area (Å²) < 4.78 is 5.78. The van der Waals surface area contributed by atoms with Gasteiger partial charge in [0.2, 0.25) is 17.7 Å². The molecule has 0 unspecified atom stereocenters. The Hall–Kier alpha value is -2.99. The first-order chi connectivity index (χ1) is 13.3. The highest BCUT2D eigenvalue weighted by Crippen LogP contribution is 2.22. The summed E-state index contributed by atoms with van der Waals surface area (Å²) >= 11 is 0. The highest BCUT2D eigenvalue weighted by atomic mass is 16.4. The molecule has 0 aliphatic carbocycles. The van der Waals surface area contributed by atoms with Crippen LogP contribution in [-0.2, 0) is 11.3 Å². The number of amides is 1. The maximum atomic E-state index is 12.4. The van der Waals surface area contributed by atoms with E-state index in [-0.39, 0.29) is 11.8 Å². The first-order valence-corrected chi connectivity index (χ1v) is 9.24. The average molecular weight is 362 g/mol. The maximum absolute atomic E-state index is 12.4. The highest BCUT2D eigenvalue weighted by molar-refractivity contribution is 5.92. The van der Waals surface area contributed by atoms with Crippen LogP contribution >= 0.6 is 0 Å². The lowest BCUT2D eigenvalue weighted by Gasteiger charge is -2.30. The molecule has 1 aromatic heterocycles. The van der Waals surface area contributed by atoms with Gasteiger partial charge in [-0.1, -0.05) is 36.4 Å². The Morgan fingerprint density at radius 1 is 1.00 bits per heavy atom. The van der Waals surface area contributed by atoms with E-state index < -0.39 is 0 Å². The van der Waals surface area contributed by atoms with E-state index in [1.54, 1.807) is 0 Å². The SMILES string of the molecule is O=C(Nc1ccccc1)C1CCN(Cc2nnc(-c3ccccc3)o2)CC1. The number of benzene rings is 2. The summed E-state index contributed by atoms with van der Waals surface area (Å²) in [5.74, 6) is 1.30. The first-order valence-electron chi connectivity index (χ1n) is 9.24. The highest BCUT2D eigenvalue weighted by Gasteiger charge is 2.26. The Morgan fingerprint density at radius 2 is 1.67 bits per heavy atom. The molecule has 138 valence electrons. The lowest BCUT2D eigenvalue weighted by molar-refractivity contribution is -0.121. The molecule has 2 aromatic carbocycles. The van der Waals surface area contributed by atoms with Gasteiger partial charge in [-0.2, -0.15) is 0 Å². The van der Waals surface area contributed by atoms with Crippen molar-refractivity contribution in [1.29, 1.82) is 0 Å². The molecular formula is C21H22N4O2. The van der Waals surface area contributed by atoms with Crippen molar-refractivity contribution < 1.29 is 9.21 Å². The fourth-order valence-corrected chi connectivity index (χ4v) is 3.33. The van der Waals surface area contributed by atoms with Crippen LogP contribution in [0.15, 0.2) is 65.1 Å². The molecule has 1 fully saturated rings. The van der Waals surface area contributed by atoms with Crippen LogP contribution in [0.4, 0.5) is 5.69 Å². The average Bonchev–Trinajstić information content (AvgIpc) is 3.18. The van der Waals surface area contributed by atoms with Crippen LogP contribution in [0.2, 0.25) is 0 Å². The molecule has 1 aliphatic rings. The third kappa shape index (κ3) is 4.41. The molecule has 1 amide bonds. The topological polar surface area (TPSA) is 71.3 Å². The molecule has 6 heteroatoms. The molecule has 3 aromatic rings. The van der Waals surface area contributed by atoms with Crippen molar-refractivity contribution >= 4 is 11.6 Å². The zero-order valence-electron chi connectivity index (χ0n) is 15.0. The van der Waals surface area contributed by atoms with Crippen LogP contribution in [0, 0.1) is 5.92 Å². The molecule has 0 saturated carbocycles. The Bertz CT molecular complexity index is 871. The summed E-state index contributed by atoms with van der Waals surface area (Å²) in [5, 5.41) is 11.3. The number of likely N-dealkylation sites (tertiary alicyclic amines) is 1. The van der Waals surface area contributed by atoms with Gasteiger partial charge in [-0.05, 0) is 50.2 Å². The Morgan fingerprint density at radius 3 is 2.37 bits per heavy atom. The molecule has 6 nitrogen and oxygen atoms in total. The van der Waals surface area contributed by atoms with Crippen molar-refractivity contribution in [2.24, 2.45) is 5.92 Å². The predicted molar refractivity (Wildman–Crippen MR) is 103 cm³/mol. The van der Waals surface area contributed by atoms with Crippen LogP contribution in [-0.4, -0.2) is 34.1 Å². The minimum atomic E-state index is 0.0454. The van der Waals surface area contributed by atoms with Crippen molar-refractivity contribution in [3.8, 4) is 11.5 Å². The van der Waals surface area contributed by atoms with Gasteiger partial charge in [0.15, 0.2) is 0 Å². The number of carbonyl (C=O) groups is 1. The molecule has 0 spiro atoms. The van der Waals surface area contributed by atoms with Gasteiger partial charge in [-0.25, -0.2) is 0 Å². The Kier molecular flexibility index (Phi) is 5.25.